The molecule has 3 saturated heterocycles. The van der Waals surface area contributed by atoms with Gasteiger partial charge in [-0.05, 0) is 11.8 Å². The molecule has 8 heterocycles. The van der Waals surface area contributed by atoms with Crippen molar-refractivity contribution < 1.29 is 45.8 Å². The number of aromatic nitrogens is 10. The minimum atomic E-state index is -4.39. The molecule has 0 bridgehead atoms. The fraction of sp³-hybridized carbons (Fsp3) is 0.476. The standard InChI is InChI=1S/C21H21F2N11O8P2S2/c22-11-14-9(39-19(11)32-6-29-13-16(24)26-5-28-18(13)32)2-37-44(36,46)42-15-10(3-38-43(35,45)41-14)40-20(12(15)23)33-7-30-34-8-1-25-4-27-17(8)31-21(33)34/h1,4-7,9-12,14-15,19-20H,2-3H2,(H,35,45)(H,36,46)(H2,24,26,28)/t9-,10-,11-,12-,14-,15-,19-,20-,43?,44?/m1/s1. The van der Waals surface area contributed by atoms with Gasteiger partial charge in [0.15, 0.2) is 41.9 Å². The minimum Gasteiger partial charge on any atom is -0.382 e. The van der Waals surface area contributed by atoms with Crippen molar-refractivity contribution in [1.29, 1.82) is 0 Å². The number of fused-ring (bicyclic) bond motifs is 6. The Hall–Kier alpha value is -2.82. The highest BCUT2D eigenvalue weighted by Gasteiger charge is 2.54. The summed E-state index contributed by atoms with van der Waals surface area (Å²) in [5, 5.41) is 4.22. The monoisotopic (exact) mass is 719 g/mol. The number of thiol groups is 1. The molecule has 244 valence electrons. The first-order valence-corrected chi connectivity index (χ1v) is 18.6. The molecule has 25 heteroatoms. The van der Waals surface area contributed by atoms with Gasteiger partial charge in [-0.2, -0.15) is 14.6 Å². The number of imidazole rings is 2. The van der Waals surface area contributed by atoms with Gasteiger partial charge in [0.25, 0.3) is 0 Å². The molecule has 0 saturated carbocycles. The predicted octanol–water partition coefficient (Wildman–Crippen LogP) is 1.44. The van der Waals surface area contributed by atoms with Crippen LogP contribution in [0.1, 0.15) is 12.5 Å². The molecule has 0 aromatic carbocycles. The van der Waals surface area contributed by atoms with Gasteiger partial charge in [0.2, 0.25) is 5.78 Å². The Labute approximate surface area is 265 Å². The number of nitrogen functional groups attached to an aromatic ring is 1. The average Bonchev–Trinajstić information content (AvgIpc) is 3.82. The number of hydrogen-bond donors (Lipinski definition) is 3. The van der Waals surface area contributed by atoms with Gasteiger partial charge >= 0.3 is 13.5 Å². The van der Waals surface area contributed by atoms with E-state index < -0.39 is 75.9 Å². The van der Waals surface area contributed by atoms with E-state index in [0.717, 1.165) is 0 Å². The number of alkyl halides is 2. The zero-order valence-corrected chi connectivity index (χ0v) is 26.3. The van der Waals surface area contributed by atoms with Crippen LogP contribution in [-0.2, 0) is 43.9 Å². The molecule has 3 fully saturated rings. The molecule has 2 unspecified atom stereocenters. The summed E-state index contributed by atoms with van der Waals surface area (Å²) in [6.45, 7) is -9.89. The Balaban J connectivity index is 1.08. The van der Waals surface area contributed by atoms with Crippen LogP contribution in [-0.4, -0.2) is 104 Å². The number of nitrogens with two attached hydrogens (primary N) is 1. The van der Waals surface area contributed by atoms with Gasteiger partial charge in [-0.15, -0.1) is 0 Å². The molecule has 3 aliphatic heterocycles. The van der Waals surface area contributed by atoms with Crippen molar-refractivity contribution in [3.63, 3.8) is 0 Å². The van der Waals surface area contributed by atoms with Crippen LogP contribution in [0.4, 0.5) is 14.6 Å². The van der Waals surface area contributed by atoms with Crippen LogP contribution in [0.25, 0.3) is 28.1 Å². The maximum absolute atomic E-state index is 16.1. The van der Waals surface area contributed by atoms with Gasteiger partial charge in [-0.3, -0.25) is 22.7 Å². The Bertz CT molecular complexity index is 2070. The summed E-state index contributed by atoms with van der Waals surface area (Å²) in [5.74, 6) is 0.220. The first-order chi connectivity index (χ1) is 22.0. The molecule has 3 N–H and O–H groups in total. The molecular formula is C21H21F2N11O8P2S2. The topological polar surface area (TPSA) is 223 Å². The quantitative estimate of drug-likeness (QED) is 0.173. The van der Waals surface area contributed by atoms with E-state index in [1.165, 1.54) is 45.2 Å². The summed E-state index contributed by atoms with van der Waals surface area (Å²) < 4.78 is 83.3. The van der Waals surface area contributed by atoms with Crippen molar-refractivity contribution >= 4 is 71.5 Å². The molecule has 46 heavy (non-hydrogen) atoms. The second-order valence-electron chi connectivity index (χ2n) is 10.4. The van der Waals surface area contributed by atoms with Gasteiger partial charge in [-0.1, -0.05) is 12.2 Å². The second kappa shape index (κ2) is 11.1. The van der Waals surface area contributed by atoms with Crippen LogP contribution in [0.3, 0.4) is 0 Å². The van der Waals surface area contributed by atoms with Crippen LogP contribution < -0.4 is 5.73 Å². The Kier molecular flexibility index (Phi) is 7.38. The number of nitrogens with zero attached hydrogens (tertiary/aromatic N) is 10. The Morgan fingerprint density at radius 2 is 1.70 bits per heavy atom. The zero-order valence-electron chi connectivity index (χ0n) is 22.8. The van der Waals surface area contributed by atoms with E-state index in [4.69, 9.17) is 45.1 Å². The summed E-state index contributed by atoms with van der Waals surface area (Å²) in [5.41, 5.74) is 6.96. The molecular weight excluding hydrogens is 698 g/mol. The lowest BCUT2D eigenvalue weighted by Gasteiger charge is -2.29. The number of halogens is 2. The third-order valence-electron chi connectivity index (χ3n) is 7.60. The summed E-state index contributed by atoms with van der Waals surface area (Å²) in [4.78, 5) is 35.4. The Morgan fingerprint density at radius 3 is 2.48 bits per heavy atom. The molecule has 5 aromatic rings. The SMILES string of the molecule is Nc1ncnc2c1ncn2[C@@H]1O[C@@H]2COP(=O)(S)O[C@H]3[C@@H](F)[C@H](n4cnn5c6cncnc6nc45)O[C@@H]3COP(O)(=S)O[C@H]2[C@H]1F. The third kappa shape index (κ3) is 5.10. The molecule has 0 amide bonds. The van der Waals surface area contributed by atoms with Gasteiger partial charge in [0.1, 0.15) is 54.4 Å². The third-order valence-corrected chi connectivity index (χ3v) is 10.8. The van der Waals surface area contributed by atoms with Crippen LogP contribution in [0, 0.1) is 0 Å². The summed E-state index contributed by atoms with van der Waals surface area (Å²) in [7, 11) is 0. The van der Waals surface area contributed by atoms with Gasteiger partial charge in [0.05, 0.1) is 25.7 Å². The summed E-state index contributed by atoms with van der Waals surface area (Å²) in [6, 6.07) is 0. The van der Waals surface area contributed by atoms with Crippen LogP contribution in [0.2, 0.25) is 0 Å². The number of rotatable bonds is 2. The van der Waals surface area contributed by atoms with Crippen molar-refractivity contribution in [2.45, 2.75) is 49.2 Å². The van der Waals surface area contributed by atoms with E-state index in [1.807, 2.05) is 0 Å². The lowest BCUT2D eigenvalue weighted by atomic mass is 10.1. The lowest BCUT2D eigenvalue weighted by molar-refractivity contribution is -0.0564. The summed E-state index contributed by atoms with van der Waals surface area (Å²) in [6.07, 6.45) is -6.27. The fourth-order valence-electron chi connectivity index (χ4n) is 5.54. The highest BCUT2D eigenvalue weighted by molar-refractivity contribution is 8.44. The van der Waals surface area contributed by atoms with E-state index in [1.54, 1.807) is 0 Å². The molecule has 19 nitrogen and oxygen atoms in total. The Morgan fingerprint density at radius 1 is 0.978 bits per heavy atom. The maximum atomic E-state index is 16.1. The maximum Gasteiger partial charge on any atom is 0.386 e. The predicted molar refractivity (Wildman–Crippen MR) is 156 cm³/mol. The molecule has 0 aliphatic carbocycles. The fourth-order valence-corrected chi connectivity index (χ4v) is 8.46. The molecule has 0 radical (unpaired) electrons. The van der Waals surface area contributed by atoms with E-state index >= 15 is 8.78 Å². The van der Waals surface area contributed by atoms with Crippen LogP contribution >= 0.6 is 25.8 Å². The van der Waals surface area contributed by atoms with Crippen LogP contribution in [0.5, 0.6) is 0 Å². The number of hydrogen-bond acceptors (Lipinski definition) is 16. The van der Waals surface area contributed by atoms with Crippen molar-refractivity contribution in [3.05, 3.63) is 31.5 Å². The minimum absolute atomic E-state index is 0.0572. The van der Waals surface area contributed by atoms with Crippen molar-refractivity contribution in [2.75, 3.05) is 18.9 Å². The second-order valence-corrected chi connectivity index (χ2v) is 16.0. The van der Waals surface area contributed by atoms with Crippen molar-refractivity contribution in [3.8, 4) is 0 Å². The summed E-state index contributed by atoms with van der Waals surface area (Å²) >= 11 is 9.20. The molecule has 10 atom stereocenters. The van der Waals surface area contributed by atoms with E-state index in [-0.39, 0.29) is 22.8 Å². The van der Waals surface area contributed by atoms with E-state index in [9.17, 15) is 9.46 Å². The molecule has 8 rings (SSSR count). The van der Waals surface area contributed by atoms with Crippen molar-refractivity contribution in [1.82, 2.24) is 48.7 Å². The lowest BCUT2D eigenvalue weighted by Crippen LogP contribution is -2.37. The number of anilines is 1. The number of ether oxygens (including phenoxy) is 2. The molecule has 3 aliphatic rings. The van der Waals surface area contributed by atoms with Gasteiger partial charge in [-0.25, -0.2) is 38.3 Å². The van der Waals surface area contributed by atoms with E-state index in [0.29, 0.717) is 11.2 Å². The van der Waals surface area contributed by atoms with E-state index in [2.05, 4.69) is 47.3 Å². The average molecular weight is 720 g/mol. The largest absolute Gasteiger partial charge is 0.386 e. The van der Waals surface area contributed by atoms with Crippen molar-refractivity contribution in [2.24, 2.45) is 0 Å². The zero-order chi connectivity index (χ0) is 32.0. The highest BCUT2D eigenvalue weighted by atomic mass is 32.7. The first kappa shape index (κ1) is 30.5. The smallest absolute Gasteiger partial charge is 0.382 e. The molecule has 0 spiro atoms. The highest BCUT2D eigenvalue weighted by Crippen LogP contribution is 2.58. The van der Waals surface area contributed by atoms with Gasteiger partial charge < -0.3 is 24.6 Å². The normalized spacial score (nSPS) is 37.3. The first-order valence-electron chi connectivity index (χ1n) is 13.3. The van der Waals surface area contributed by atoms with Gasteiger partial charge in [0, 0.05) is 0 Å². The van der Waals surface area contributed by atoms with Crippen LogP contribution in [0.15, 0.2) is 31.5 Å². The molecule has 5 aromatic heterocycles.